The summed E-state index contributed by atoms with van der Waals surface area (Å²) in [7, 11) is 1.42. The Morgan fingerprint density at radius 2 is 1.97 bits per heavy atom. The molecule has 1 aromatic carbocycles. The Bertz CT molecular complexity index is 1140. The van der Waals surface area contributed by atoms with Gasteiger partial charge in [0.1, 0.15) is 36.4 Å². The number of nitrogens with zero attached hydrogens (tertiary/aromatic N) is 3. The lowest BCUT2D eigenvalue weighted by Crippen LogP contribution is -2.35. The van der Waals surface area contributed by atoms with Gasteiger partial charge in [0.05, 0.1) is 18.1 Å². The van der Waals surface area contributed by atoms with Gasteiger partial charge in [0.2, 0.25) is 0 Å². The molecule has 178 valence electrons. The van der Waals surface area contributed by atoms with Gasteiger partial charge in [-0.3, -0.25) is 4.84 Å². The van der Waals surface area contributed by atoms with Crippen LogP contribution in [0.2, 0.25) is 0 Å². The van der Waals surface area contributed by atoms with E-state index in [1.54, 1.807) is 19.2 Å². The van der Waals surface area contributed by atoms with Crippen molar-refractivity contribution in [1.29, 1.82) is 0 Å². The van der Waals surface area contributed by atoms with Crippen LogP contribution < -0.4 is 5.48 Å². The molecule has 3 heterocycles. The highest BCUT2D eigenvalue weighted by Gasteiger charge is 2.47. The molecule has 2 aromatic heterocycles. The first kappa shape index (κ1) is 23.4. The van der Waals surface area contributed by atoms with Gasteiger partial charge in [-0.05, 0) is 29.7 Å². The Morgan fingerprint density at radius 3 is 2.64 bits per heavy atom. The predicted molar refractivity (Wildman–Crippen MR) is 110 cm³/mol. The molecule has 5 atom stereocenters. The van der Waals surface area contributed by atoms with E-state index in [9.17, 15) is 28.5 Å². The standard InChI is InChI=1S/C21H23F3N4O5/c1-3-10-8-11(4-5-13(10)21(22,23)24)14(29)17-15(30)16(31)20(33-17)28-7-6-12-18(27-32-2)25-9-26-19(12)28/h4-9,14-17,20,29-31H,3H2,1-2H3,(H,25,26,27)/t14-,15+,16-,17-,20-/m1/s1. The Hall–Kier alpha value is -2.77. The van der Waals surface area contributed by atoms with Crippen molar-refractivity contribution in [3.05, 3.63) is 53.5 Å². The van der Waals surface area contributed by atoms with Crippen molar-refractivity contribution in [2.24, 2.45) is 0 Å². The van der Waals surface area contributed by atoms with E-state index in [1.807, 2.05) is 0 Å². The van der Waals surface area contributed by atoms with Crippen molar-refractivity contribution in [3.63, 3.8) is 0 Å². The van der Waals surface area contributed by atoms with E-state index in [2.05, 4.69) is 15.4 Å². The maximum Gasteiger partial charge on any atom is 0.416 e. The molecule has 1 aliphatic rings. The highest BCUT2D eigenvalue weighted by molar-refractivity contribution is 5.87. The van der Waals surface area contributed by atoms with Crippen LogP contribution in [-0.2, 0) is 22.2 Å². The summed E-state index contributed by atoms with van der Waals surface area (Å²) in [5.74, 6) is 0.378. The van der Waals surface area contributed by atoms with Gasteiger partial charge < -0.3 is 24.6 Å². The maximum absolute atomic E-state index is 13.2. The molecular formula is C21H23F3N4O5. The molecule has 0 spiro atoms. The quantitative estimate of drug-likeness (QED) is 0.407. The number of ether oxygens (including phenoxy) is 1. The van der Waals surface area contributed by atoms with Crippen molar-refractivity contribution in [2.75, 3.05) is 12.6 Å². The molecular weight excluding hydrogens is 445 g/mol. The number of aryl methyl sites for hydroxylation is 1. The maximum atomic E-state index is 13.2. The second kappa shape index (κ2) is 8.88. The topological polar surface area (TPSA) is 122 Å². The zero-order chi connectivity index (χ0) is 23.9. The lowest BCUT2D eigenvalue weighted by atomic mass is 9.94. The number of alkyl halides is 3. The van der Waals surface area contributed by atoms with Crippen LogP contribution in [0.5, 0.6) is 0 Å². The van der Waals surface area contributed by atoms with Crippen LogP contribution in [0.4, 0.5) is 19.0 Å². The van der Waals surface area contributed by atoms with Gasteiger partial charge in [-0.15, -0.1) is 0 Å². The number of aromatic nitrogens is 3. The number of aliphatic hydroxyl groups excluding tert-OH is 3. The van der Waals surface area contributed by atoms with Crippen LogP contribution in [0.25, 0.3) is 11.0 Å². The van der Waals surface area contributed by atoms with E-state index in [0.29, 0.717) is 16.9 Å². The van der Waals surface area contributed by atoms with Gasteiger partial charge in [0, 0.05) is 6.20 Å². The van der Waals surface area contributed by atoms with Gasteiger partial charge in [0.15, 0.2) is 12.0 Å². The first-order valence-electron chi connectivity index (χ1n) is 10.2. The van der Waals surface area contributed by atoms with Crippen molar-refractivity contribution in [1.82, 2.24) is 14.5 Å². The second-order valence-corrected chi connectivity index (χ2v) is 7.67. The molecule has 3 aromatic rings. The average Bonchev–Trinajstić information content (AvgIpc) is 3.34. The summed E-state index contributed by atoms with van der Waals surface area (Å²) in [6, 6.07) is 4.94. The van der Waals surface area contributed by atoms with Crippen LogP contribution in [-0.4, -0.2) is 55.3 Å². The molecule has 4 rings (SSSR count). The summed E-state index contributed by atoms with van der Waals surface area (Å²) in [5, 5.41) is 32.6. The highest BCUT2D eigenvalue weighted by atomic mass is 19.4. The summed E-state index contributed by atoms with van der Waals surface area (Å²) < 4.78 is 46.9. The molecule has 0 saturated carbocycles. The van der Waals surface area contributed by atoms with Gasteiger partial charge in [0.25, 0.3) is 0 Å². The SMILES string of the molecule is CCc1cc([C@@H](O)[C@H]2O[C@@H](n3ccc4c(NOC)ncnc43)[C@H](O)[C@@H]2O)ccc1C(F)(F)F. The Labute approximate surface area is 186 Å². The van der Waals surface area contributed by atoms with Crippen molar-refractivity contribution >= 4 is 16.9 Å². The van der Waals surface area contributed by atoms with Gasteiger partial charge in [-0.2, -0.15) is 13.2 Å². The van der Waals surface area contributed by atoms with Gasteiger partial charge in [-0.25, -0.2) is 15.4 Å². The van der Waals surface area contributed by atoms with Gasteiger partial charge >= 0.3 is 6.18 Å². The average molecular weight is 468 g/mol. The van der Waals surface area contributed by atoms with E-state index >= 15 is 0 Å². The molecule has 0 amide bonds. The lowest BCUT2D eigenvalue weighted by molar-refractivity contribution is -0.138. The van der Waals surface area contributed by atoms with Crippen LogP contribution >= 0.6 is 0 Å². The molecule has 0 bridgehead atoms. The summed E-state index contributed by atoms with van der Waals surface area (Å²) >= 11 is 0. The fourth-order valence-corrected chi connectivity index (χ4v) is 4.09. The van der Waals surface area contributed by atoms with E-state index in [4.69, 9.17) is 9.57 Å². The number of aliphatic hydroxyl groups is 3. The van der Waals surface area contributed by atoms with E-state index in [0.717, 1.165) is 12.1 Å². The summed E-state index contributed by atoms with van der Waals surface area (Å²) in [5.41, 5.74) is 2.35. The first-order chi connectivity index (χ1) is 15.7. The van der Waals surface area contributed by atoms with Crippen LogP contribution in [0.3, 0.4) is 0 Å². The normalized spacial score (nSPS) is 24.4. The number of nitrogens with one attached hydrogen (secondary N) is 1. The zero-order valence-corrected chi connectivity index (χ0v) is 17.7. The Balaban J connectivity index is 1.63. The third-order valence-corrected chi connectivity index (χ3v) is 5.73. The number of benzene rings is 1. The summed E-state index contributed by atoms with van der Waals surface area (Å²) in [6.07, 6.45) is -8.39. The zero-order valence-electron chi connectivity index (χ0n) is 17.7. The molecule has 33 heavy (non-hydrogen) atoms. The number of halogens is 3. The Kier molecular flexibility index (Phi) is 6.29. The van der Waals surface area contributed by atoms with Crippen LogP contribution in [0.15, 0.2) is 36.8 Å². The Morgan fingerprint density at radius 1 is 1.21 bits per heavy atom. The fourth-order valence-electron chi connectivity index (χ4n) is 4.09. The molecule has 1 saturated heterocycles. The monoisotopic (exact) mass is 468 g/mol. The number of anilines is 1. The summed E-state index contributed by atoms with van der Waals surface area (Å²) in [4.78, 5) is 13.1. The molecule has 1 fully saturated rings. The molecule has 0 radical (unpaired) electrons. The molecule has 0 unspecified atom stereocenters. The largest absolute Gasteiger partial charge is 0.416 e. The van der Waals surface area contributed by atoms with Crippen molar-refractivity contribution in [3.8, 4) is 0 Å². The number of hydrogen-bond acceptors (Lipinski definition) is 8. The number of rotatable bonds is 6. The molecule has 1 aliphatic heterocycles. The lowest BCUT2D eigenvalue weighted by Gasteiger charge is -2.23. The van der Waals surface area contributed by atoms with Crippen molar-refractivity contribution < 1.29 is 38.1 Å². The van der Waals surface area contributed by atoms with Crippen LogP contribution in [0.1, 0.15) is 35.9 Å². The smallest absolute Gasteiger partial charge is 0.387 e. The first-order valence-corrected chi connectivity index (χ1v) is 10.2. The minimum atomic E-state index is -4.52. The molecule has 12 heteroatoms. The summed E-state index contributed by atoms with van der Waals surface area (Å²) in [6.45, 7) is 1.58. The van der Waals surface area contributed by atoms with Crippen LogP contribution in [0, 0.1) is 0 Å². The highest BCUT2D eigenvalue weighted by Crippen LogP contribution is 2.39. The predicted octanol–water partition coefficient (Wildman–Crippen LogP) is 2.34. The van der Waals surface area contributed by atoms with Gasteiger partial charge in [-0.1, -0.05) is 19.1 Å². The number of fused-ring (bicyclic) bond motifs is 1. The van der Waals surface area contributed by atoms with E-state index in [1.165, 1.54) is 24.1 Å². The minimum Gasteiger partial charge on any atom is -0.387 e. The number of hydrogen-bond donors (Lipinski definition) is 4. The molecule has 9 nitrogen and oxygen atoms in total. The third kappa shape index (κ3) is 4.15. The third-order valence-electron chi connectivity index (χ3n) is 5.73. The van der Waals surface area contributed by atoms with Crippen molar-refractivity contribution in [2.45, 2.75) is 50.2 Å². The van der Waals surface area contributed by atoms with E-state index < -0.39 is 42.4 Å². The fraction of sp³-hybridized carbons (Fsp3) is 0.429. The molecule has 0 aliphatic carbocycles. The van der Waals surface area contributed by atoms with E-state index in [-0.39, 0.29) is 17.5 Å². The second-order valence-electron chi connectivity index (χ2n) is 7.67. The minimum absolute atomic E-state index is 0.00918. The molecule has 4 N–H and O–H groups in total.